The Morgan fingerprint density at radius 2 is 1.71 bits per heavy atom. The van der Waals surface area contributed by atoms with E-state index < -0.39 is 0 Å². The van der Waals surface area contributed by atoms with Gasteiger partial charge < -0.3 is 0 Å². The van der Waals surface area contributed by atoms with Crippen LogP contribution in [0.4, 0.5) is 0 Å². The number of aromatic nitrogens is 7. The maximum absolute atomic E-state index is 13.5. The van der Waals surface area contributed by atoms with Crippen LogP contribution in [0.15, 0.2) is 77.7 Å². The lowest BCUT2D eigenvalue weighted by atomic mass is 10.0. The fourth-order valence-electron chi connectivity index (χ4n) is 4.45. The molecule has 8 heteroatoms. The van der Waals surface area contributed by atoms with Crippen molar-refractivity contribution in [2.24, 2.45) is 0 Å². The lowest BCUT2D eigenvalue weighted by Gasteiger charge is -2.10. The van der Waals surface area contributed by atoms with Gasteiger partial charge in [0.15, 0.2) is 0 Å². The first-order valence-electron chi connectivity index (χ1n) is 11.8. The Bertz CT molecular complexity index is 1470. The van der Waals surface area contributed by atoms with Gasteiger partial charge in [0.05, 0.1) is 17.9 Å². The lowest BCUT2D eigenvalue weighted by Crippen LogP contribution is -2.25. The first kappa shape index (κ1) is 22.5. The molecule has 5 aromatic rings. The van der Waals surface area contributed by atoms with E-state index in [1.165, 1.54) is 0 Å². The fraction of sp³-hybridized carbons (Fsp3) is 0.222. The van der Waals surface area contributed by atoms with E-state index in [0.717, 1.165) is 58.7 Å². The fourth-order valence-corrected chi connectivity index (χ4v) is 4.45. The second kappa shape index (κ2) is 9.89. The van der Waals surface area contributed by atoms with Crippen LogP contribution in [0.5, 0.6) is 0 Å². The minimum Gasteiger partial charge on any atom is -0.290 e. The zero-order valence-corrected chi connectivity index (χ0v) is 19.8. The summed E-state index contributed by atoms with van der Waals surface area (Å²) in [5.41, 5.74) is 6.53. The molecule has 0 radical (unpaired) electrons. The summed E-state index contributed by atoms with van der Waals surface area (Å²) in [6.07, 6.45) is 4.79. The molecule has 1 N–H and O–H groups in total. The van der Waals surface area contributed by atoms with Crippen molar-refractivity contribution in [2.45, 2.75) is 39.7 Å². The smallest absolute Gasteiger partial charge is 0.290 e. The third-order valence-electron chi connectivity index (χ3n) is 6.25. The zero-order chi connectivity index (χ0) is 24.2. The van der Waals surface area contributed by atoms with Gasteiger partial charge in [0.2, 0.25) is 5.82 Å². The van der Waals surface area contributed by atoms with Gasteiger partial charge in [-0.1, -0.05) is 61.9 Å². The molecule has 5 rings (SSSR count). The van der Waals surface area contributed by atoms with Crippen LogP contribution < -0.4 is 5.69 Å². The van der Waals surface area contributed by atoms with Crippen LogP contribution in [-0.2, 0) is 13.0 Å². The van der Waals surface area contributed by atoms with Gasteiger partial charge in [0.1, 0.15) is 0 Å². The molecule has 0 aliphatic rings. The predicted molar refractivity (Wildman–Crippen MR) is 135 cm³/mol. The lowest BCUT2D eigenvalue weighted by molar-refractivity contribution is 0.663. The Balaban J connectivity index is 1.49. The first-order chi connectivity index (χ1) is 17.2. The number of unbranched alkanes of at least 4 members (excludes halogenated alkanes) is 1. The molecule has 0 spiro atoms. The molecule has 35 heavy (non-hydrogen) atoms. The maximum atomic E-state index is 13.5. The Morgan fingerprint density at radius 1 is 0.943 bits per heavy atom. The predicted octanol–water partition coefficient (Wildman–Crippen LogP) is 4.58. The Labute approximate surface area is 203 Å². The normalized spacial score (nSPS) is 11.1. The number of rotatable bonds is 8. The van der Waals surface area contributed by atoms with Gasteiger partial charge in [-0.2, -0.15) is 5.21 Å². The topological polar surface area (TPSA) is 94.3 Å². The van der Waals surface area contributed by atoms with Gasteiger partial charge in [-0.25, -0.2) is 4.79 Å². The average molecular weight is 466 g/mol. The molecule has 0 aliphatic carbocycles. The molecule has 0 bridgehead atoms. The standard InChI is InChI=1S/C27H27N7O/c1-3-4-14-25-19(2)34(22-10-6-5-7-11-22)27(35)33(25)18-21-16-15-20(17-28-21)23-12-8-9-13-24(23)26-29-31-32-30-26/h5-13,15-17H,3-4,14,18H2,1-2H3,(H,29,30,31,32). The molecule has 176 valence electrons. The number of H-pyrrole nitrogens is 1. The number of hydrogen-bond donors (Lipinski definition) is 1. The minimum absolute atomic E-state index is 0.0341. The highest BCUT2D eigenvalue weighted by Gasteiger charge is 2.18. The van der Waals surface area contributed by atoms with Gasteiger partial charge in [-0.15, -0.1) is 10.2 Å². The van der Waals surface area contributed by atoms with Crippen molar-refractivity contribution in [2.75, 3.05) is 0 Å². The van der Waals surface area contributed by atoms with Crippen LogP contribution in [0.1, 0.15) is 36.8 Å². The molecule has 0 saturated carbocycles. The van der Waals surface area contributed by atoms with Crippen LogP contribution >= 0.6 is 0 Å². The van der Waals surface area contributed by atoms with E-state index >= 15 is 0 Å². The number of hydrogen-bond acceptors (Lipinski definition) is 5. The highest BCUT2D eigenvalue weighted by atomic mass is 16.1. The molecule has 0 unspecified atom stereocenters. The summed E-state index contributed by atoms with van der Waals surface area (Å²) in [5, 5.41) is 14.4. The van der Waals surface area contributed by atoms with Gasteiger partial charge in [0.25, 0.3) is 0 Å². The number of para-hydroxylation sites is 1. The van der Waals surface area contributed by atoms with Crippen LogP contribution in [0.25, 0.3) is 28.2 Å². The van der Waals surface area contributed by atoms with E-state index in [4.69, 9.17) is 4.98 Å². The van der Waals surface area contributed by atoms with Crippen molar-refractivity contribution in [1.29, 1.82) is 0 Å². The number of nitrogens with zero attached hydrogens (tertiary/aromatic N) is 6. The highest BCUT2D eigenvalue weighted by molar-refractivity contribution is 5.79. The largest absolute Gasteiger partial charge is 0.333 e. The molecule has 0 atom stereocenters. The molecular weight excluding hydrogens is 438 g/mol. The quantitative estimate of drug-likeness (QED) is 0.362. The molecule has 0 aliphatic heterocycles. The number of pyridine rings is 1. The molecule has 3 heterocycles. The van der Waals surface area contributed by atoms with Crippen molar-refractivity contribution < 1.29 is 0 Å². The molecule has 0 amide bonds. The Hall–Kier alpha value is -4.33. The van der Waals surface area contributed by atoms with E-state index in [1.807, 2.05) is 84.4 Å². The number of nitrogens with one attached hydrogen (secondary N) is 1. The Kier molecular flexibility index (Phi) is 6.34. The maximum Gasteiger partial charge on any atom is 0.333 e. The SMILES string of the molecule is CCCCc1c(C)n(-c2ccccc2)c(=O)n1Cc1ccc(-c2ccccc2-c2nn[nH]n2)cn1. The molecule has 0 fully saturated rings. The summed E-state index contributed by atoms with van der Waals surface area (Å²) in [7, 11) is 0. The van der Waals surface area contributed by atoms with E-state index in [9.17, 15) is 4.79 Å². The third kappa shape index (κ3) is 4.42. The van der Waals surface area contributed by atoms with Gasteiger partial charge in [-0.3, -0.25) is 14.1 Å². The molecule has 3 aromatic heterocycles. The Morgan fingerprint density at radius 3 is 2.40 bits per heavy atom. The van der Waals surface area contributed by atoms with Gasteiger partial charge in [-0.05, 0) is 48.7 Å². The summed E-state index contributed by atoms with van der Waals surface area (Å²) in [5.74, 6) is 0.537. The van der Waals surface area contributed by atoms with Crippen LogP contribution in [0, 0.1) is 6.92 Å². The van der Waals surface area contributed by atoms with E-state index in [1.54, 1.807) is 4.57 Å². The molecule has 0 saturated heterocycles. The van der Waals surface area contributed by atoms with Crippen LogP contribution in [0.2, 0.25) is 0 Å². The van der Waals surface area contributed by atoms with Crippen molar-refractivity contribution in [1.82, 2.24) is 34.7 Å². The van der Waals surface area contributed by atoms with E-state index in [-0.39, 0.29) is 5.69 Å². The second-order valence-electron chi connectivity index (χ2n) is 8.49. The minimum atomic E-state index is -0.0341. The molecule has 2 aromatic carbocycles. The van der Waals surface area contributed by atoms with Crippen molar-refractivity contribution in [3.05, 3.63) is 100 Å². The van der Waals surface area contributed by atoms with Crippen molar-refractivity contribution >= 4 is 0 Å². The summed E-state index contributed by atoms with van der Waals surface area (Å²) >= 11 is 0. The summed E-state index contributed by atoms with van der Waals surface area (Å²) in [6, 6.07) is 21.7. The monoisotopic (exact) mass is 465 g/mol. The molecular formula is C27H27N7O. The van der Waals surface area contributed by atoms with Crippen LogP contribution in [-0.4, -0.2) is 34.7 Å². The number of imidazole rings is 1. The van der Waals surface area contributed by atoms with Gasteiger partial charge >= 0.3 is 5.69 Å². The van der Waals surface area contributed by atoms with E-state index in [2.05, 4.69) is 27.5 Å². The van der Waals surface area contributed by atoms with Gasteiger partial charge in [0, 0.05) is 28.7 Å². The zero-order valence-electron chi connectivity index (χ0n) is 19.8. The summed E-state index contributed by atoms with van der Waals surface area (Å²) in [6.45, 7) is 4.62. The third-order valence-corrected chi connectivity index (χ3v) is 6.25. The van der Waals surface area contributed by atoms with Crippen molar-refractivity contribution in [3.63, 3.8) is 0 Å². The number of tetrazole rings is 1. The highest BCUT2D eigenvalue weighted by Crippen LogP contribution is 2.29. The first-order valence-corrected chi connectivity index (χ1v) is 11.8. The molecule has 8 nitrogen and oxygen atoms in total. The summed E-state index contributed by atoms with van der Waals surface area (Å²) in [4.78, 5) is 18.2. The van der Waals surface area contributed by atoms with Crippen molar-refractivity contribution in [3.8, 4) is 28.2 Å². The average Bonchev–Trinajstić information content (AvgIpc) is 3.51. The number of benzene rings is 2. The summed E-state index contributed by atoms with van der Waals surface area (Å²) < 4.78 is 3.67. The van der Waals surface area contributed by atoms with E-state index in [0.29, 0.717) is 12.4 Å². The number of aromatic amines is 1. The van der Waals surface area contributed by atoms with Crippen LogP contribution in [0.3, 0.4) is 0 Å². The second-order valence-corrected chi connectivity index (χ2v) is 8.49.